The highest BCUT2D eigenvalue weighted by molar-refractivity contribution is 9.10. The van der Waals surface area contributed by atoms with Gasteiger partial charge in [0.1, 0.15) is 11.6 Å². The second-order valence-corrected chi connectivity index (χ2v) is 6.52. The molecule has 0 amide bonds. The average Bonchev–Trinajstić information content (AvgIpc) is 2.82. The van der Waals surface area contributed by atoms with Crippen LogP contribution >= 0.6 is 38.9 Å². The molecule has 1 aromatic carbocycles. The summed E-state index contributed by atoms with van der Waals surface area (Å²) in [6.45, 7) is 2.70. The Balaban J connectivity index is 2.46. The van der Waals surface area contributed by atoms with E-state index in [-0.39, 0.29) is 10.0 Å². The zero-order valence-corrected chi connectivity index (χ0v) is 13.9. The number of hydrogen-bond acceptors (Lipinski definition) is 2. The van der Waals surface area contributed by atoms with Crippen LogP contribution in [0, 0.1) is 11.6 Å². The van der Waals surface area contributed by atoms with Crippen LogP contribution < -0.4 is 5.32 Å². The Hall–Kier alpha value is -0.490. The van der Waals surface area contributed by atoms with Gasteiger partial charge < -0.3 is 5.32 Å². The highest BCUT2D eigenvalue weighted by Crippen LogP contribution is 2.35. The first-order valence-corrected chi connectivity index (χ1v) is 8.20. The van der Waals surface area contributed by atoms with E-state index in [9.17, 15) is 8.78 Å². The molecule has 0 aliphatic carbocycles. The van der Waals surface area contributed by atoms with E-state index in [0.717, 1.165) is 17.4 Å². The van der Waals surface area contributed by atoms with Crippen LogP contribution in [0.2, 0.25) is 5.02 Å². The van der Waals surface area contributed by atoms with Gasteiger partial charge in [-0.3, -0.25) is 0 Å². The van der Waals surface area contributed by atoms with Gasteiger partial charge in [0.15, 0.2) is 0 Å². The number of benzene rings is 1. The molecule has 1 N–H and O–H groups in total. The van der Waals surface area contributed by atoms with Crippen molar-refractivity contribution in [3.63, 3.8) is 0 Å². The molecule has 0 aliphatic heterocycles. The van der Waals surface area contributed by atoms with Gasteiger partial charge in [0.05, 0.1) is 15.5 Å². The molecule has 2 rings (SSSR count). The third kappa shape index (κ3) is 3.39. The molecule has 0 bridgehead atoms. The van der Waals surface area contributed by atoms with Crippen LogP contribution in [0.5, 0.6) is 0 Å². The Bertz CT molecular complexity index is 603. The molecule has 0 spiro atoms. The average molecular weight is 381 g/mol. The van der Waals surface area contributed by atoms with E-state index < -0.39 is 17.7 Å². The van der Waals surface area contributed by atoms with Crippen molar-refractivity contribution in [3.05, 3.63) is 55.1 Å². The van der Waals surface area contributed by atoms with Crippen LogP contribution in [0.25, 0.3) is 0 Å². The molecule has 0 radical (unpaired) electrons. The zero-order chi connectivity index (χ0) is 14.7. The lowest BCUT2D eigenvalue weighted by atomic mass is 10.0. The second kappa shape index (κ2) is 6.98. The number of halogens is 4. The van der Waals surface area contributed by atoms with Crippen molar-refractivity contribution >= 4 is 38.9 Å². The standard InChI is InChI=1S/C14H13BrClF2NS/c1-2-4-19-13(14-10(16)3-5-20-14)8-6-12(18)9(15)7-11(8)17/h3,5-7,13,19H,2,4H2,1H3. The van der Waals surface area contributed by atoms with Crippen molar-refractivity contribution < 1.29 is 8.78 Å². The Morgan fingerprint density at radius 2 is 2.10 bits per heavy atom. The first kappa shape index (κ1) is 15.9. The lowest BCUT2D eigenvalue weighted by Crippen LogP contribution is -2.23. The molecule has 0 saturated carbocycles. The molecule has 1 nitrogen and oxygen atoms in total. The molecule has 1 heterocycles. The summed E-state index contributed by atoms with van der Waals surface area (Å²) in [4.78, 5) is 0.792. The molecule has 0 aliphatic rings. The van der Waals surface area contributed by atoms with E-state index in [4.69, 9.17) is 11.6 Å². The maximum atomic E-state index is 14.2. The van der Waals surface area contributed by atoms with Crippen molar-refractivity contribution in [2.45, 2.75) is 19.4 Å². The summed E-state index contributed by atoms with van der Waals surface area (Å²) in [7, 11) is 0. The molecule has 0 fully saturated rings. The summed E-state index contributed by atoms with van der Waals surface area (Å²) in [6.07, 6.45) is 0.889. The van der Waals surface area contributed by atoms with Gasteiger partial charge in [-0.25, -0.2) is 8.78 Å². The molecule has 0 saturated heterocycles. The quantitative estimate of drug-likeness (QED) is 0.672. The van der Waals surface area contributed by atoms with Gasteiger partial charge in [0, 0.05) is 10.4 Å². The highest BCUT2D eigenvalue weighted by Gasteiger charge is 2.22. The summed E-state index contributed by atoms with van der Waals surface area (Å²) >= 11 is 10.5. The minimum Gasteiger partial charge on any atom is -0.305 e. The summed E-state index contributed by atoms with van der Waals surface area (Å²) < 4.78 is 28.0. The zero-order valence-electron chi connectivity index (χ0n) is 10.7. The molecule has 6 heteroatoms. The number of hydrogen-bond donors (Lipinski definition) is 1. The van der Waals surface area contributed by atoms with Gasteiger partial charge in [0.25, 0.3) is 0 Å². The molecule has 20 heavy (non-hydrogen) atoms. The predicted molar refractivity (Wildman–Crippen MR) is 83.5 cm³/mol. The van der Waals surface area contributed by atoms with Crippen LogP contribution in [-0.2, 0) is 0 Å². The van der Waals surface area contributed by atoms with E-state index in [2.05, 4.69) is 21.2 Å². The smallest absolute Gasteiger partial charge is 0.137 e. The number of thiophene rings is 1. The van der Waals surface area contributed by atoms with E-state index in [1.165, 1.54) is 17.4 Å². The Morgan fingerprint density at radius 1 is 1.35 bits per heavy atom. The Labute approximate surface area is 134 Å². The topological polar surface area (TPSA) is 12.0 Å². The Kier molecular flexibility index (Phi) is 5.55. The van der Waals surface area contributed by atoms with Crippen molar-refractivity contribution in [1.29, 1.82) is 0 Å². The minimum atomic E-state index is -0.489. The lowest BCUT2D eigenvalue weighted by Gasteiger charge is -2.19. The first-order chi connectivity index (χ1) is 9.54. The largest absolute Gasteiger partial charge is 0.305 e. The fourth-order valence-electron chi connectivity index (χ4n) is 1.90. The number of nitrogens with one attached hydrogen (secondary N) is 1. The molecule has 108 valence electrons. The molecule has 2 aromatic rings. The van der Waals surface area contributed by atoms with Crippen molar-refractivity contribution in [2.24, 2.45) is 0 Å². The molecule has 1 unspecified atom stereocenters. The maximum Gasteiger partial charge on any atom is 0.137 e. The predicted octanol–water partition coefficient (Wildman–Crippen LogP) is 5.53. The molecular weight excluding hydrogens is 368 g/mol. The van der Waals surface area contributed by atoms with Gasteiger partial charge in [0.2, 0.25) is 0 Å². The fraction of sp³-hybridized carbons (Fsp3) is 0.286. The van der Waals surface area contributed by atoms with E-state index >= 15 is 0 Å². The SMILES string of the molecule is CCCNC(c1cc(F)c(Br)cc1F)c1sccc1Cl. The van der Waals surface area contributed by atoms with E-state index in [1.54, 1.807) is 6.07 Å². The van der Waals surface area contributed by atoms with Crippen molar-refractivity contribution in [3.8, 4) is 0 Å². The van der Waals surface area contributed by atoms with E-state index in [1.807, 2.05) is 12.3 Å². The normalized spacial score (nSPS) is 12.7. The fourth-order valence-corrected chi connectivity index (χ4v) is 3.48. The second-order valence-electron chi connectivity index (χ2n) is 4.31. The summed E-state index contributed by atoms with van der Waals surface area (Å²) in [5.41, 5.74) is 0.267. The van der Waals surface area contributed by atoms with Gasteiger partial charge in [-0.15, -0.1) is 11.3 Å². The van der Waals surface area contributed by atoms with Crippen LogP contribution in [0.15, 0.2) is 28.1 Å². The van der Waals surface area contributed by atoms with Crippen LogP contribution in [0.4, 0.5) is 8.78 Å². The van der Waals surface area contributed by atoms with Crippen LogP contribution in [0.3, 0.4) is 0 Å². The Morgan fingerprint density at radius 3 is 2.70 bits per heavy atom. The highest BCUT2D eigenvalue weighted by atomic mass is 79.9. The summed E-state index contributed by atoms with van der Waals surface area (Å²) in [5, 5.41) is 5.62. The van der Waals surface area contributed by atoms with Gasteiger partial charge in [-0.05, 0) is 52.5 Å². The van der Waals surface area contributed by atoms with Crippen LogP contribution in [0.1, 0.15) is 29.8 Å². The third-order valence-corrected chi connectivity index (χ3v) is 4.89. The lowest BCUT2D eigenvalue weighted by molar-refractivity contribution is 0.536. The van der Waals surface area contributed by atoms with Gasteiger partial charge >= 0.3 is 0 Å². The van der Waals surface area contributed by atoms with E-state index in [0.29, 0.717) is 11.6 Å². The van der Waals surface area contributed by atoms with Crippen LogP contribution in [-0.4, -0.2) is 6.54 Å². The monoisotopic (exact) mass is 379 g/mol. The molecule has 1 aromatic heterocycles. The minimum absolute atomic E-state index is 0.116. The van der Waals surface area contributed by atoms with Gasteiger partial charge in [-0.2, -0.15) is 0 Å². The molecule has 1 atom stereocenters. The third-order valence-electron chi connectivity index (χ3n) is 2.86. The van der Waals surface area contributed by atoms with Gasteiger partial charge in [-0.1, -0.05) is 18.5 Å². The summed E-state index contributed by atoms with van der Waals surface area (Å²) in [6, 6.07) is 3.68. The molecular formula is C14H13BrClF2NS. The summed E-state index contributed by atoms with van der Waals surface area (Å²) in [5.74, 6) is -0.950. The van der Waals surface area contributed by atoms with Crippen molar-refractivity contribution in [1.82, 2.24) is 5.32 Å². The maximum absolute atomic E-state index is 14.2. The first-order valence-electron chi connectivity index (χ1n) is 6.15. The van der Waals surface area contributed by atoms with Crippen molar-refractivity contribution in [2.75, 3.05) is 6.54 Å². The number of rotatable bonds is 5.